The molecule has 1 fully saturated rings. The predicted octanol–water partition coefficient (Wildman–Crippen LogP) is 0.698. The van der Waals surface area contributed by atoms with Crippen molar-refractivity contribution >= 4 is 15.8 Å². The molecule has 4 nitrogen and oxygen atoms in total. The lowest BCUT2D eigenvalue weighted by molar-refractivity contribution is -0.143. The molecule has 0 amide bonds. The zero-order valence-electron chi connectivity index (χ0n) is 7.85. The Morgan fingerprint density at radius 2 is 2.29 bits per heavy atom. The maximum absolute atomic E-state index is 11.2. The Bertz CT molecular complexity index is 331. The summed E-state index contributed by atoms with van der Waals surface area (Å²) in [5.74, 6) is -1.62. The molecule has 0 aliphatic carbocycles. The van der Waals surface area contributed by atoms with Crippen molar-refractivity contribution in [1.82, 2.24) is 0 Å². The maximum Gasteiger partial charge on any atom is 0.307 e. The van der Waals surface area contributed by atoms with E-state index in [-0.39, 0.29) is 17.4 Å². The summed E-state index contributed by atoms with van der Waals surface area (Å²) in [6.07, 6.45) is 2.34. The highest BCUT2D eigenvalue weighted by Gasteiger charge is 2.36. The monoisotopic (exact) mass is 218 g/mol. The fraction of sp³-hybridized carbons (Fsp3) is 0.667. The molecule has 5 heteroatoms. The van der Waals surface area contributed by atoms with Crippen LogP contribution in [0, 0.1) is 11.8 Å². The van der Waals surface area contributed by atoms with Crippen molar-refractivity contribution < 1.29 is 18.3 Å². The minimum absolute atomic E-state index is 0.0117. The Morgan fingerprint density at radius 3 is 2.64 bits per heavy atom. The van der Waals surface area contributed by atoms with Crippen LogP contribution in [0.2, 0.25) is 0 Å². The van der Waals surface area contributed by atoms with Gasteiger partial charge < -0.3 is 5.11 Å². The highest BCUT2D eigenvalue weighted by atomic mass is 32.2. The summed E-state index contributed by atoms with van der Waals surface area (Å²) in [7, 11) is -2.99. The number of carboxylic acids is 1. The molecular formula is C9H14O4S. The average molecular weight is 218 g/mol. The van der Waals surface area contributed by atoms with Crippen LogP contribution in [0.25, 0.3) is 0 Å². The van der Waals surface area contributed by atoms with Crippen LogP contribution in [0.3, 0.4) is 0 Å². The SMILES string of the molecule is C=CCC(C(=O)O)C1CCS(=O)(=O)C1. The number of carbonyl (C=O) groups is 1. The summed E-state index contributed by atoms with van der Waals surface area (Å²) in [5, 5.41) is 8.89. The molecule has 0 spiro atoms. The van der Waals surface area contributed by atoms with Gasteiger partial charge in [-0.15, -0.1) is 6.58 Å². The molecule has 1 aliphatic heterocycles. The quantitative estimate of drug-likeness (QED) is 0.705. The number of aliphatic carboxylic acids is 1. The zero-order valence-corrected chi connectivity index (χ0v) is 8.66. The van der Waals surface area contributed by atoms with Crippen molar-refractivity contribution in [2.75, 3.05) is 11.5 Å². The molecule has 0 aromatic heterocycles. The molecule has 2 unspecified atom stereocenters. The molecule has 0 aromatic carbocycles. The molecule has 2 atom stereocenters. The first-order valence-corrected chi connectivity index (χ1v) is 6.32. The molecule has 0 bridgehead atoms. The molecule has 1 rings (SSSR count). The van der Waals surface area contributed by atoms with E-state index in [0.29, 0.717) is 12.8 Å². The molecule has 0 aromatic rings. The number of allylic oxidation sites excluding steroid dienone is 1. The molecule has 1 heterocycles. The van der Waals surface area contributed by atoms with E-state index in [1.807, 2.05) is 0 Å². The molecule has 1 aliphatic rings. The topological polar surface area (TPSA) is 71.4 Å². The van der Waals surface area contributed by atoms with Gasteiger partial charge in [0.2, 0.25) is 0 Å². The van der Waals surface area contributed by atoms with E-state index in [1.165, 1.54) is 6.08 Å². The third-order valence-electron chi connectivity index (χ3n) is 2.57. The minimum Gasteiger partial charge on any atom is -0.481 e. The van der Waals surface area contributed by atoms with Crippen molar-refractivity contribution in [1.29, 1.82) is 0 Å². The van der Waals surface area contributed by atoms with E-state index >= 15 is 0 Å². The van der Waals surface area contributed by atoms with Gasteiger partial charge >= 0.3 is 5.97 Å². The number of hydrogen-bond acceptors (Lipinski definition) is 3. The first kappa shape index (κ1) is 11.2. The summed E-state index contributed by atoms with van der Waals surface area (Å²) >= 11 is 0. The molecule has 80 valence electrons. The first-order valence-electron chi connectivity index (χ1n) is 4.50. The Labute approximate surface area is 83.5 Å². The van der Waals surface area contributed by atoms with Crippen LogP contribution in [0.4, 0.5) is 0 Å². The van der Waals surface area contributed by atoms with Gasteiger partial charge in [-0.1, -0.05) is 6.08 Å². The average Bonchev–Trinajstić information content (AvgIpc) is 2.41. The third kappa shape index (κ3) is 2.57. The van der Waals surface area contributed by atoms with Gasteiger partial charge in [0.25, 0.3) is 0 Å². The van der Waals surface area contributed by atoms with Gasteiger partial charge in [0.05, 0.1) is 17.4 Å². The van der Waals surface area contributed by atoms with Gasteiger partial charge in [-0.05, 0) is 18.8 Å². The number of sulfone groups is 1. The Kier molecular flexibility index (Phi) is 3.31. The summed E-state index contributed by atoms with van der Waals surface area (Å²) in [6.45, 7) is 3.48. The van der Waals surface area contributed by atoms with Crippen LogP contribution in [0.1, 0.15) is 12.8 Å². The van der Waals surface area contributed by atoms with Gasteiger partial charge in [0.1, 0.15) is 0 Å². The fourth-order valence-electron chi connectivity index (χ4n) is 1.82. The number of carboxylic acid groups (broad SMARTS) is 1. The predicted molar refractivity (Wildman–Crippen MR) is 52.7 cm³/mol. The van der Waals surface area contributed by atoms with Gasteiger partial charge in [0, 0.05) is 0 Å². The van der Waals surface area contributed by atoms with Crippen molar-refractivity contribution in [2.45, 2.75) is 12.8 Å². The van der Waals surface area contributed by atoms with Crippen LogP contribution in [-0.2, 0) is 14.6 Å². The second-order valence-corrected chi connectivity index (χ2v) is 5.86. The van der Waals surface area contributed by atoms with Crippen LogP contribution in [0.15, 0.2) is 12.7 Å². The highest BCUT2D eigenvalue weighted by Crippen LogP contribution is 2.28. The van der Waals surface area contributed by atoms with E-state index in [1.54, 1.807) is 0 Å². The third-order valence-corrected chi connectivity index (χ3v) is 4.37. The van der Waals surface area contributed by atoms with Crippen LogP contribution in [0.5, 0.6) is 0 Å². The van der Waals surface area contributed by atoms with Crippen molar-refractivity contribution in [2.24, 2.45) is 11.8 Å². The lowest BCUT2D eigenvalue weighted by atomic mass is 9.89. The molecule has 1 saturated heterocycles. The van der Waals surface area contributed by atoms with Gasteiger partial charge in [0.15, 0.2) is 9.84 Å². The number of hydrogen-bond donors (Lipinski definition) is 1. The molecule has 1 N–H and O–H groups in total. The smallest absolute Gasteiger partial charge is 0.307 e. The van der Waals surface area contributed by atoms with Crippen LogP contribution in [-0.4, -0.2) is 31.0 Å². The first-order chi connectivity index (χ1) is 6.46. The second kappa shape index (κ2) is 4.13. The van der Waals surface area contributed by atoms with Crippen LogP contribution < -0.4 is 0 Å². The van der Waals surface area contributed by atoms with E-state index < -0.39 is 21.7 Å². The minimum atomic E-state index is -2.99. The number of rotatable bonds is 4. The van der Waals surface area contributed by atoms with E-state index in [0.717, 1.165) is 0 Å². The van der Waals surface area contributed by atoms with E-state index in [2.05, 4.69) is 6.58 Å². The molecule has 14 heavy (non-hydrogen) atoms. The summed E-state index contributed by atoms with van der Waals surface area (Å²) in [6, 6.07) is 0. The maximum atomic E-state index is 11.2. The zero-order chi connectivity index (χ0) is 10.8. The van der Waals surface area contributed by atoms with E-state index in [4.69, 9.17) is 5.11 Å². The fourth-order valence-corrected chi connectivity index (χ4v) is 3.70. The van der Waals surface area contributed by atoms with Gasteiger partial charge in [-0.3, -0.25) is 4.79 Å². The van der Waals surface area contributed by atoms with Crippen molar-refractivity contribution in [3.05, 3.63) is 12.7 Å². The highest BCUT2D eigenvalue weighted by molar-refractivity contribution is 7.91. The van der Waals surface area contributed by atoms with Crippen molar-refractivity contribution in [3.63, 3.8) is 0 Å². The van der Waals surface area contributed by atoms with Crippen LogP contribution >= 0.6 is 0 Å². The summed E-state index contributed by atoms with van der Waals surface area (Å²) in [4.78, 5) is 10.8. The largest absolute Gasteiger partial charge is 0.481 e. The van der Waals surface area contributed by atoms with E-state index in [9.17, 15) is 13.2 Å². The standard InChI is InChI=1S/C9H14O4S/c1-2-3-8(9(10)11)7-4-5-14(12,13)6-7/h2,7-8H,1,3-6H2,(H,10,11). The van der Waals surface area contributed by atoms with Gasteiger partial charge in [-0.2, -0.15) is 0 Å². The van der Waals surface area contributed by atoms with Crippen molar-refractivity contribution in [3.8, 4) is 0 Å². The molecular weight excluding hydrogens is 204 g/mol. The lowest BCUT2D eigenvalue weighted by Crippen LogP contribution is -2.24. The molecule has 0 radical (unpaired) electrons. The second-order valence-electron chi connectivity index (χ2n) is 3.63. The normalized spacial score (nSPS) is 27.0. The Hall–Kier alpha value is -0.840. The Balaban J connectivity index is 2.72. The van der Waals surface area contributed by atoms with Gasteiger partial charge in [-0.25, -0.2) is 8.42 Å². The summed E-state index contributed by atoms with van der Waals surface area (Å²) in [5.41, 5.74) is 0. The Morgan fingerprint density at radius 1 is 1.64 bits per heavy atom. The summed E-state index contributed by atoms with van der Waals surface area (Å²) < 4.78 is 22.3. The molecule has 0 saturated carbocycles. The lowest BCUT2D eigenvalue weighted by Gasteiger charge is -2.15.